The number of carbonyl (C=O) groups excluding carboxylic acids is 2. The molecule has 3 rings (SSSR count). The standard InChI is InChI=1S/C30H35FN2O2S/c1-30(2,3)32-29(35)27(20-23-10-6-4-7-11-23)33(21-24-14-16-26(31)17-15-24)28(34)18-19-36-22-25-12-8-5-9-13-25/h4-17,27H,18-22H2,1-3H3,(H,32,35)/t27-/m1/s1. The molecule has 0 aliphatic rings. The Morgan fingerprint density at radius 3 is 2.03 bits per heavy atom. The lowest BCUT2D eigenvalue weighted by Gasteiger charge is -2.34. The van der Waals surface area contributed by atoms with Crippen LogP contribution in [0.4, 0.5) is 4.39 Å². The van der Waals surface area contributed by atoms with E-state index < -0.39 is 11.6 Å². The molecule has 0 aliphatic carbocycles. The average molecular weight is 507 g/mol. The van der Waals surface area contributed by atoms with E-state index >= 15 is 0 Å². The number of thioether (sulfide) groups is 1. The number of halogens is 1. The van der Waals surface area contributed by atoms with Gasteiger partial charge in [-0.3, -0.25) is 9.59 Å². The van der Waals surface area contributed by atoms with Crippen molar-refractivity contribution in [2.75, 3.05) is 5.75 Å². The van der Waals surface area contributed by atoms with Gasteiger partial charge in [-0.15, -0.1) is 0 Å². The highest BCUT2D eigenvalue weighted by atomic mass is 32.2. The number of hydrogen-bond acceptors (Lipinski definition) is 3. The van der Waals surface area contributed by atoms with Gasteiger partial charge in [0.1, 0.15) is 11.9 Å². The van der Waals surface area contributed by atoms with E-state index in [0.29, 0.717) is 18.6 Å². The smallest absolute Gasteiger partial charge is 0.243 e. The van der Waals surface area contributed by atoms with Gasteiger partial charge in [-0.1, -0.05) is 72.8 Å². The van der Waals surface area contributed by atoms with Crippen molar-refractivity contribution in [1.82, 2.24) is 10.2 Å². The molecule has 0 spiro atoms. The first-order valence-corrected chi connectivity index (χ1v) is 13.4. The predicted molar refractivity (Wildman–Crippen MR) is 146 cm³/mol. The van der Waals surface area contributed by atoms with Gasteiger partial charge in [0.25, 0.3) is 0 Å². The molecule has 3 aromatic rings. The number of nitrogens with one attached hydrogen (secondary N) is 1. The van der Waals surface area contributed by atoms with Gasteiger partial charge in [-0.2, -0.15) is 11.8 Å². The highest BCUT2D eigenvalue weighted by molar-refractivity contribution is 7.98. The molecular formula is C30H35FN2O2S. The number of hydrogen-bond donors (Lipinski definition) is 1. The van der Waals surface area contributed by atoms with Crippen LogP contribution in [0.15, 0.2) is 84.9 Å². The Labute approximate surface area is 218 Å². The number of benzene rings is 3. The van der Waals surface area contributed by atoms with Gasteiger partial charge in [0, 0.05) is 36.4 Å². The number of nitrogens with zero attached hydrogens (tertiary/aromatic N) is 1. The molecule has 1 atom stereocenters. The Balaban J connectivity index is 1.81. The average Bonchev–Trinajstić information content (AvgIpc) is 2.85. The van der Waals surface area contributed by atoms with Crippen molar-refractivity contribution in [2.24, 2.45) is 0 Å². The van der Waals surface area contributed by atoms with Crippen molar-refractivity contribution >= 4 is 23.6 Å². The van der Waals surface area contributed by atoms with Crippen molar-refractivity contribution < 1.29 is 14.0 Å². The van der Waals surface area contributed by atoms with E-state index in [-0.39, 0.29) is 24.2 Å². The molecule has 36 heavy (non-hydrogen) atoms. The molecule has 0 heterocycles. The monoisotopic (exact) mass is 506 g/mol. The Kier molecular flexibility index (Phi) is 10.1. The largest absolute Gasteiger partial charge is 0.350 e. The van der Waals surface area contributed by atoms with Crippen LogP contribution in [0.2, 0.25) is 0 Å². The number of rotatable bonds is 11. The molecule has 0 radical (unpaired) electrons. The highest BCUT2D eigenvalue weighted by Crippen LogP contribution is 2.19. The lowest BCUT2D eigenvalue weighted by molar-refractivity contribution is -0.141. The minimum atomic E-state index is -0.691. The second kappa shape index (κ2) is 13.3. The molecule has 0 aromatic heterocycles. The predicted octanol–water partition coefficient (Wildman–Crippen LogP) is 6.00. The molecule has 0 aliphatic heterocycles. The maximum atomic E-state index is 13.6. The van der Waals surface area contributed by atoms with Crippen LogP contribution in [-0.2, 0) is 28.3 Å². The molecule has 0 bridgehead atoms. The van der Waals surface area contributed by atoms with E-state index in [0.717, 1.165) is 16.9 Å². The van der Waals surface area contributed by atoms with E-state index in [2.05, 4.69) is 17.4 Å². The third-order valence-electron chi connectivity index (χ3n) is 5.61. The quantitative estimate of drug-likeness (QED) is 0.324. The number of carbonyl (C=O) groups is 2. The summed E-state index contributed by atoms with van der Waals surface area (Å²) in [6.45, 7) is 6.02. The second-order valence-corrected chi connectivity index (χ2v) is 11.0. The van der Waals surface area contributed by atoms with Crippen LogP contribution in [0.5, 0.6) is 0 Å². The van der Waals surface area contributed by atoms with Gasteiger partial charge >= 0.3 is 0 Å². The molecule has 0 unspecified atom stereocenters. The summed E-state index contributed by atoms with van der Waals surface area (Å²) in [6, 6.07) is 25.3. The Bertz CT molecular complexity index is 1100. The van der Waals surface area contributed by atoms with E-state index in [4.69, 9.17) is 0 Å². The molecule has 4 nitrogen and oxygen atoms in total. The van der Waals surface area contributed by atoms with Crippen molar-refractivity contribution in [3.05, 3.63) is 107 Å². The molecule has 1 N–H and O–H groups in total. The summed E-state index contributed by atoms with van der Waals surface area (Å²) in [5, 5.41) is 3.06. The fourth-order valence-electron chi connectivity index (χ4n) is 3.86. The first-order chi connectivity index (χ1) is 17.2. The second-order valence-electron chi connectivity index (χ2n) is 9.88. The molecule has 0 saturated heterocycles. The fraction of sp³-hybridized carbons (Fsp3) is 0.333. The third-order valence-corrected chi connectivity index (χ3v) is 6.64. The molecule has 2 amide bonds. The fourth-order valence-corrected chi connectivity index (χ4v) is 4.75. The minimum absolute atomic E-state index is 0.0927. The van der Waals surface area contributed by atoms with Gasteiger partial charge in [-0.05, 0) is 49.6 Å². The van der Waals surface area contributed by atoms with E-state index in [9.17, 15) is 14.0 Å². The summed E-state index contributed by atoms with van der Waals surface area (Å²) in [6.07, 6.45) is 0.708. The summed E-state index contributed by atoms with van der Waals surface area (Å²) in [5.74, 6) is 0.847. The first-order valence-electron chi connectivity index (χ1n) is 12.2. The van der Waals surface area contributed by atoms with Gasteiger partial charge in [0.15, 0.2) is 0 Å². The van der Waals surface area contributed by atoms with Gasteiger partial charge in [-0.25, -0.2) is 4.39 Å². The SMILES string of the molecule is CC(C)(C)NC(=O)[C@@H](Cc1ccccc1)N(Cc1ccc(F)cc1)C(=O)CCSCc1ccccc1. The van der Waals surface area contributed by atoms with Gasteiger partial charge in [0.2, 0.25) is 11.8 Å². The summed E-state index contributed by atoms with van der Waals surface area (Å²) in [7, 11) is 0. The van der Waals surface area contributed by atoms with Crippen LogP contribution in [-0.4, -0.2) is 34.0 Å². The van der Waals surface area contributed by atoms with Crippen LogP contribution in [0.1, 0.15) is 43.9 Å². The lowest BCUT2D eigenvalue weighted by atomic mass is 10.0. The molecule has 0 fully saturated rings. The summed E-state index contributed by atoms with van der Waals surface area (Å²) in [4.78, 5) is 28.7. The zero-order chi connectivity index (χ0) is 26.0. The maximum Gasteiger partial charge on any atom is 0.243 e. The van der Waals surface area contributed by atoms with E-state index in [1.54, 1.807) is 28.8 Å². The summed E-state index contributed by atoms with van der Waals surface area (Å²) < 4.78 is 13.5. The molecule has 0 saturated carbocycles. The van der Waals surface area contributed by atoms with Gasteiger partial charge in [0.05, 0.1) is 0 Å². The lowest BCUT2D eigenvalue weighted by Crippen LogP contribution is -2.54. The molecule has 3 aromatic carbocycles. The van der Waals surface area contributed by atoms with E-state index in [1.807, 2.05) is 69.3 Å². The highest BCUT2D eigenvalue weighted by Gasteiger charge is 2.32. The minimum Gasteiger partial charge on any atom is -0.350 e. The zero-order valence-electron chi connectivity index (χ0n) is 21.2. The normalized spacial score (nSPS) is 12.1. The zero-order valence-corrected chi connectivity index (χ0v) is 22.1. The van der Waals surface area contributed by atoms with Crippen LogP contribution >= 0.6 is 11.8 Å². The third kappa shape index (κ3) is 9.15. The Hall–Kier alpha value is -3.12. The van der Waals surface area contributed by atoms with Crippen LogP contribution in [0.3, 0.4) is 0 Å². The first kappa shape index (κ1) is 27.5. The molecule has 6 heteroatoms. The topological polar surface area (TPSA) is 49.4 Å². The van der Waals surface area contributed by atoms with Crippen LogP contribution in [0.25, 0.3) is 0 Å². The van der Waals surface area contributed by atoms with Gasteiger partial charge < -0.3 is 10.2 Å². The number of amides is 2. The van der Waals surface area contributed by atoms with Crippen molar-refractivity contribution in [3.8, 4) is 0 Å². The Morgan fingerprint density at radius 1 is 0.861 bits per heavy atom. The van der Waals surface area contributed by atoms with Crippen molar-refractivity contribution in [2.45, 2.75) is 57.5 Å². The van der Waals surface area contributed by atoms with Crippen molar-refractivity contribution in [1.29, 1.82) is 0 Å². The maximum absolute atomic E-state index is 13.6. The van der Waals surface area contributed by atoms with Crippen LogP contribution in [0, 0.1) is 5.82 Å². The Morgan fingerprint density at radius 2 is 1.44 bits per heavy atom. The molecule has 190 valence electrons. The van der Waals surface area contributed by atoms with Crippen LogP contribution < -0.4 is 5.32 Å². The summed E-state index contributed by atoms with van der Waals surface area (Å²) >= 11 is 1.70. The summed E-state index contributed by atoms with van der Waals surface area (Å²) in [5.41, 5.74) is 2.53. The van der Waals surface area contributed by atoms with Crippen molar-refractivity contribution in [3.63, 3.8) is 0 Å². The van der Waals surface area contributed by atoms with E-state index in [1.165, 1.54) is 17.7 Å². The molecular weight excluding hydrogens is 471 g/mol.